The van der Waals surface area contributed by atoms with Crippen LogP contribution in [0.25, 0.3) is 0 Å². The number of sulfonamides is 1. The van der Waals surface area contributed by atoms with Crippen LogP contribution in [0.4, 0.5) is 0 Å². The van der Waals surface area contributed by atoms with Crippen LogP contribution in [0.3, 0.4) is 0 Å². The monoisotopic (exact) mass is 446 g/mol. The van der Waals surface area contributed by atoms with Gasteiger partial charge < -0.3 is 9.30 Å². The van der Waals surface area contributed by atoms with Crippen LogP contribution in [0.5, 0.6) is 5.75 Å². The Hall–Kier alpha value is -2.09. The number of hydrogen-bond donors (Lipinski definition) is 0. The first-order chi connectivity index (χ1) is 13.0. The van der Waals surface area contributed by atoms with Gasteiger partial charge in [-0.15, -0.1) is 0 Å². The van der Waals surface area contributed by atoms with Crippen LogP contribution in [-0.4, -0.2) is 30.9 Å². The summed E-state index contributed by atoms with van der Waals surface area (Å²) in [5, 5.41) is 0. The Labute approximate surface area is 167 Å². The lowest BCUT2D eigenvalue weighted by atomic mass is 10.0. The van der Waals surface area contributed by atoms with Crippen LogP contribution < -0.4 is 4.74 Å². The van der Waals surface area contributed by atoms with E-state index in [9.17, 15) is 8.42 Å². The van der Waals surface area contributed by atoms with E-state index in [0.29, 0.717) is 18.8 Å². The molecule has 1 atom stereocenters. The van der Waals surface area contributed by atoms with Gasteiger partial charge in [0.2, 0.25) is 10.0 Å². The predicted molar refractivity (Wildman–Crippen MR) is 107 cm³/mol. The zero-order chi connectivity index (χ0) is 19.0. The van der Waals surface area contributed by atoms with Crippen molar-refractivity contribution in [1.29, 1.82) is 0 Å². The number of methoxy groups -OCH3 is 1. The van der Waals surface area contributed by atoms with Gasteiger partial charge in [0.05, 0.1) is 18.0 Å². The number of benzene rings is 2. The molecule has 5 nitrogen and oxygen atoms in total. The average molecular weight is 447 g/mol. The molecular weight excluding hydrogens is 428 g/mol. The van der Waals surface area contributed by atoms with Crippen molar-refractivity contribution in [3.05, 3.63) is 82.6 Å². The summed E-state index contributed by atoms with van der Waals surface area (Å²) < 4.78 is 36.7. The molecular formula is C20H19BrN2O3S. The summed E-state index contributed by atoms with van der Waals surface area (Å²) in [5.74, 6) is 0.630. The number of fused-ring (bicyclic) bond motifs is 1. The van der Waals surface area contributed by atoms with Gasteiger partial charge in [0, 0.05) is 29.5 Å². The molecule has 0 radical (unpaired) electrons. The number of ether oxygens (including phenoxy) is 1. The molecule has 0 N–H and O–H groups in total. The maximum Gasteiger partial charge on any atom is 0.244 e. The van der Waals surface area contributed by atoms with E-state index >= 15 is 0 Å². The van der Waals surface area contributed by atoms with Gasteiger partial charge in [-0.1, -0.05) is 28.1 Å². The highest BCUT2D eigenvalue weighted by Gasteiger charge is 2.37. The standard InChI is InChI=1S/C20H19BrN2O3S/c1-26-17-8-10-18(11-9-17)27(24,25)23-14-13-22-12-2-3-19(22)20(23)15-4-6-16(21)7-5-15/h2-12,20H,13-14H2,1H3. The smallest absolute Gasteiger partial charge is 0.244 e. The van der Waals surface area contributed by atoms with Crippen LogP contribution in [0, 0.1) is 0 Å². The Kier molecular flexibility index (Phi) is 4.84. The summed E-state index contributed by atoms with van der Waals surface area (Å²) in [4.78, 5) is 0.269. The summed E-state index contributed by atoms with van der Waals surface area (Å²) in [7, 11) is -2.10. The Bertz CT molecular complexity index is 1040. The third-order valence-corrected chi connectivity index (χ3v) is 7.25. The van der Waals surface area contributed by atoms with Gasteiger partial charge in [0.15, 0.2) is 0 Å². The number of aromatic nitrogens is 1. The van der Waals surface area contributed by atoms with Crippen molar-refractivity contribution in [1.82, 2.24) is 8.87 Å². The fourth-order valence-corrected chi connectivity index (χ4v) is 5.33. The van der Waals surface area contributed by atoms with Crippen LogP contribution >= 0.6 is 15.9 Å². The summed E-state index contributed by atoms with van der Waals surface area (Å²) in [6.45, 7) is 1.04. The molecule has 0 saturated heterocycles. The minimum atomic E-state index is -3.66. The van der Waals surface area contributed by atoms with E-state index in [1.54, 1.807) is 35.7 Å². The molecule has 0 aliphatic carbocycles. The molecule has 0 spiro atoms. The highest BCUT2D eigenvalue weighted by Crippen LogP contribution is 2.37. The molecule has 27 heavy (non-hydrogen) atoms. The Morgan fingerprint density at radius 3 is 2.37 bits per heavy atom. The first kappa shape index (κ1) is 18.3. The first-order valence-corrected chi connectivity index (χ1v) is 10.8. The number of hydrogen-bond acceptors (Lipinski definition) is 3. The maximum absolute atomic E-state index is 13.4. The zero-order valence-corrected chi connectivity index (χ0v) is 17.2. The van der Waals surface area contributed by atoms with Crippen molar-refractivity contribution < 1.29 is 13.2 Å². The van der Waals surface area contributed by atoms with Gasteiger partial charge in [-0.25, -0.2) is 8.42 Å². The zero-order valence-electron chi connectivity index (χ0n) is 14.7. The van der Waals surface area contributed by atoms with Crippen LogP contribution in [-0.2, 0) is 16.6 Å². The Morgan fingerprint density at radius 1 is 1.00 bits per heavy atom. The quantitative estimate of drug-likeness (QED) is 0.607. The molecule has 3 aromatic rings. The largest absolute Gasteiger partial charge is 0.497 e. The predicted octanol–water partition coefficient (Wildman–Crippen LogP) is 4.05. The van der Waals surface area contributed by atoms with Crippen LogP contribution in [0.1, 0.15) is 17.3 Å². The lowest BCUT2D eigenvalue weighted by Gasteiger charge is -2.36. The van der Waals surface area contributed by atoms with Crippen molar-refractivity contribution in [3.8, 4) is 5.75 Å². The van der Waals surface area contributed by atoms with Gasteiger partial charge in [-0.05, 0) is 54.1 Å². The summed E-state index contributed by atoms with van der Waals surface area (Å²) in [6, 6.07) is 17.9. The van der Waals surface area contributed by atoms with Gasteiger partial charge in [0.25, 0.3) is 0 Å². The van der Waals surface area contributed by atoms with E-state index in [0.717, 1.165) is 15.7 Å². The van der Waals surface area contributed by atoms with Gasteiger partial charge >= 0.3 is 0 Å². The van der Waals surface area contributed by atoms with E-state index in [-0.39, 0.29) is 10.9 Å². The van der Waals surface area contributed by atoms with Crippen molar-refractivity contribution in [2.75, 3.05) is 13.7 Å². The SMILES string of the molecule is COc1ccc(S(=O)(=O)N2CCn3cccc3C2c2ccc(Br)cc2)cc1. The van der Waals surface area contributed by atoms with E-state index in [1.807, 2.05) is 42.6 Å². The molecule has 1 aliphatic heterocycles. The highest BCUT2D eigenvalue weighted by molar-refractivity contribution is 9.10. The second-order valence-electron chi connectivity index (χ2n) is 6.37. The molecule has 2 heterocycles. The second kappa shape index (κ2) is 7.14. The molecule has 4 rings (SSSR count). The van der Waals surface area contributed by atoms with Crippen LogP contribution in [0.2, 0.25) is 0 Å². The second-order valence-corrected chi connectivity index (χ2v) is 9.18. The Morgan fingerprint density at radius 2 is 1.70 bits per heavy atom. The van der Waals surface area contributed by atoms with E-state index in [4.69, 9.17) is 4.74 Å². The normalized spacial score (nSPS) is 17.5. The Balaban J connectivity index is 1.80. The molecule has 1 aromatic heterocycles. The van der Waals surface area contributed by atoms with Crippen LogP contribution in [0.15, 0.2) is 76.2 Å². The highest BCUT2D eigenvalue weighted by atomic mass is 79.9. The number of rotatable bonds is 4. The first-order valence-electron chi connectivity index (χ1n) is 8.57. The van der Waals surface area contributed by atoms with E-state index < -0.39 is 10.0 Å². The third-order valence-electron chi connectivity index (χ3n) is 4.85. The summed E-state index contributed by atoms with van der Waals surface area (Å²) in [5.41, 5.74) is 1.91. The van der Waals surface area contributed by atoms with Gasteiger partial charge in [0.1, 0.15) is 5.75 Å². The minimum Gasteiger partial charge on any atom is -0.497 e. The summed E-state index contributed by atoms with van der Waals surface area (Å²) in [6.07, 6.45) is 2.00. The van der Waals surface area contributed by atoms with Crippen molar-refractivity contribution >= 4 is 26.0 Å². The van der Waals surface area contributed by atoms with Crippen molar-refractivity contribution in [2.45, 2.75) is 17.5 Å². The average Bonchev–Trinajstić information content (AvgIpc) is 3.17. The maximum atomic E-state index is 13.4. The molecule has 0 fully saturated rings. The van der Waals surface area contributed by atoms with Crippen molar-refractivity contribution in [3.63, 3.8) is 0 Å². The van der Waals surface area contributed by atoms with Crippen molar-refractivity contribution in [2.24, 2.45) is 0 Å². The lowest BCUT2D eigenvalue weighted by molar-refractivity contribution is 0.298. The molecule has 140 valence electrons. The third kappa shape index (κ3) is 3.31. The number of nitrogens with zero attached hydrogens (tertiary/aromatic N) is 2. The van der Waals surface area contributed by atoms with Gasteiger partial charge in [-0.3, -0.25) is 0 Å². The fraction of sp³-hybridized carbons (Fsp3) is 0.200. The lowest BCUT2D eigenvalue weighted by Crippen LogP contribution is -2.42. The molecule has 0 saturated carbocycles. The van der Waals surface area contributed by atoms with E-state index in [2.05, 4.69) is 20.5 Å². The minimum absolute atomic E-state index is 0.269. The molecule has 1 unspecified atom stereocenters. The topological polar surface area (TPSA) is 51.5 Å². The number of halogens is 1. The molecule has 2 aromatic carbocycles. The summed E-state index contributed by atoms with van der Waals surface area (Å²) >= 11 is 3.45. The molecule has 0 bridgehead atoms. The molecule has 7 heteroatoms. The van der Waals surface area contributed by atoms with E-state index in [1.165, 1.54) is 0 Å². The molecule has 0 amide bonds. The molecule has 1 aliphatic rings. The van der Waals surface area contributed by atoms with Gasteiger partial charge in [-0.2, -0.15) is 4.31 Å². The fourth-order valence-electron chi connectivity index (χ4n) is 3.49.